The first-order chi connectivity index (χ1) is 18.2. The highest BCUT2D eigenvalue weighted by Gasteiger charge is 2.31. The second kappa shape index (κ2) is 11.9. The van der Waals surface area contributed by atoms with Crippen LogP contribution in [-0.2, 0) is 36.6 Å². The number of rotatable bonds is 9. The van der Waals surface area contributed by atoms with Gasteiger partial charge in [-0.05, 0) is 37.8 Å². The van der Waals surface area contributed by atoms with Gasteiger partial charge in [-0.15, -0.1) is 0 Å². The van der Waals surface area contributed by atoms with E-state index in [0.29, 0.717) is 37.8 Å². The third kappa shape index (κ3) is 6.66. The van der Waals surface area contributed by atoms with Crippen molar-refractivity contribution >= 4 is 33.6 Å². The number of esters is 1. The molecule has 2 saturated heterocycles. The molecule has 38 heavy (non-hydrogen) atoms. The molecule has 3 heterocycles. The van der Waals surface area contributed by atoms with Crippen molar-refractivity contribution in [2.75, 3.05) is 31.1 Å². The molecule has 204 valence electrons. The van der Waals surface area contributed by atoms with Gasteiger partial charge in [0.05, 0.1) is 30.2 Å². The maximum absolute atomic E-state index is 15.1. The van der Waals surface area contributed by atoms with Crippen LogP contribution in [0.2, 0.25) is 0 Å². The Morgan fingerprint density at radius 2 is 1.87 bits per heavy atom. The molecule has 4 rings (SSSR count). The number of carbonyl (C=O) groups is 3. The van der Waals surface area contributed by atoms with Gasteiger partial charge in [-0.25, -0.2) is 22.6 Å². The van der Waals surface area contributed by atoms with E-state index < -0.39 is 33.6 Å². The molecule has 2 aromatic rings. The van der Waals surface area contributed by atoms with Gasteiger partial charge in [0.1, 0.15) is 0 Å². The molecular formula is C26H31FN4O6S. The van der Waals surface area contributed by atoms with Crippen LogP contribution in [0.25, 0.3) is 0 Å². The zero-order valence-corrected chi connectivity index (χ0v) is 22.0. The number of piperidine rings is 1. The average molecular weight is 547 g/mol. The number of carbonyl (C=O) groups excluding carboxylic acids is 3. The predicted molar refractivity (Wildman–Crippen MR) is 137 cm³/mol. The Balaban J connectivity index is 1.44. The first kappa shape index (κ1) is 27.5. The highest BCUT2D eigenvalue weighted by atomic mass is 32.2. The summed E-state index contributed by atoms with van der Waals surface area (Å²) in [6, 6.07) is 9.66. The van der Waals surface area contributed by atoms with Crippen LogP contribution in [0.15, 0.2) is 36.4 Å². The standard InChI is InChI=1S/C26H31FN4O6S/c1-2-37-26(34)20-15-21(27)24(28-22(20)16-31-12-6-9-23(31)32)30-13-10-19(11-14-30)25(33)29-38(35,36)17-18-7-4-3-5-8-18/h3-5,7-8,15,19H,2,6,9-14,16-17H2,1H3,(H,29,33). The fourth-order valence-corrected chi connectivity index (χ4v) is 5.89. The van der Waals surface area contributed by atoms with Crippen molar-refractivity contribution in [3.63, 3.8) is 0 Å². The molecule has 1 N–H and O–H groups in total. The number of nitrogens with zero attached hydrogens (tertiary/aromatic N) is 3. The quantitative estimate of drug-likeness (QED) is 0.475. The number of amides is 2. The summed E-state index contributed by atoms with van der Waals surface area (Å²) >= 11 is 0. The molecule has 0 spiro atoms. The van der Waals surface area contributed by atoms with E-state index in [4.69, 9.17) is 4.74 Å². The average Bonchev–Trinajstić information content (AvgIpc) is 3.29. The van der Waals surface area contributed by atoms with Crippen LogP contribution in [-0.4, -0.2) is 62.3 Å². The summed E-state index contributed by atoms with van der Waals surface area (Å²) in [6.45, 7) is 2.89. The van der Waals surface area contributed by atoms with E-state index in [-0.39, 0.29) is 55.0 Å². The van der Waals surface area contributed by atoms with Crippen LogP contribution in [0, 0.1) is 11.7 Å². The van der Waals surface area contributed by atoms with Crippen LogP contribution in [0.4, 0.5) is 10.2 Å². The normalized spacial score (nSPS) is 16.5. The zero-order valence-electron chi connectivity index (χ0n) is 21.2. The number of sulfonamides is 1. The smallest absolute Gasteiger partial charge is 0.340 e. The number of hydrogen-bond acceptors (Lipinski definition) is 8. The maximum Gasteiger partial charge on any atom is 0.340 e. The van der Waals surface area contributed by atoms with Crippen LogP contribution in [0.5, 0.6) is 0 Å². The topological polar surface area (TPSA) is 126 Å². The van der Waals surface area contributed by atoms with Crippen molar-refractivity contribution in [3.8, 4) is 0 Å². The summed E-state index contributed by atoms with van der Waals surface area (Å²) in [7, 11) is -3.86. The van der Waals surface area contributed by atoms with Crippen molar-refractivity contribution in [3.05, 3.63) is 59.0 Å². The number of benzene rings is 1. The second-order valence-electron chi connectivity index (χ2n) is 9.40. The first-order valence-corrected chi connectivity index (χ1v) is 14.3. The molecule has 0 aliphatic carbocycles. The summed E-state index contributed by atoms with van der Waals surface area (Å²) in [5, 5.41) is 0. The first-order valence-electron chi connectivity index (χ1n) is 12.6. The van der Waals surface area contributed by atoms with Gasteiger partial charge < -0.3 is 14.5 Å². The lowest BCUT2D eigenvalue weighted by Crippen LogP contribution is -2.43. The Labute approximate surface area is 221 Å². The van der Waals surface area contributed by atoms with Gasteiger partial charge in [0.15, 0.2) is 11.6 Å². The van der Waals surface area contributed by atoms with Gasteiger partial charge in [-0.1, -0.05) is 30.3 Å². The minimum Gasteiger partial charge on any atom is -0.462 e. The van der Waals surface area contributed by atoms with Crippen LogP contribution >= 0.6 is 0 Å². The molecule has 2 aliphatic heterocycles. The highest BCUT2D eigenvalue weighted by molar-refractivity contribution is 7.89. The van der Waals surface area contributed by atoms with Crippen molar-refractivity contribution in [2.45, 2.75) is 44.9 Å². The predicted octanol–water partition coefficient (Wildman–Crippen LogP) is 2.38. The van der Waals surface area contributed by atoms with Crippen LogP contribution < -0.4 is 9.62 Å². The largest absolute Gasteiger partial charge is 0.462 e. The van der Waals surface area contributed by atoms with Gasteiger partial charge in [0.2, 0.25) is 21.8 Å². The molecule has 0 atom stereocenters. The van der Waals surface area contributed by atoms with Crippen LogP contribution in [0.1, 0.15) is 54.2 Å². The summed E-state index contributed by atoms with van der Waals surface area (Å²) < 4.78 is 47.3. The van der Waals surface area contributed by atoms with E-state index in [1.54, 1.807) is 47.1 Å². The fraction of sp³-hybridized carbons (Fsp3) is 0.462. The van der Waals surface area contributed by atoms with Gasteiger partial charge in [-0.3, -0.25) is 14.3 Å². The van der Waals surface area contributed by atoms with E-state index in [2.05, 4.69) is 9.71 Å². The molecule has 2 aliphatic rings. The Morgan fingerprint density at radius 1 is 1.16 bits per heavy atom. The van der Waals surface area contributed by atoms with Crippen molar-refractivity contribution in [1.82, 2.24) is 14.6 Å². The molecule has 12 heteroatoms. The van der Waals surface area contributed by atoms with Crippen LogP contribution in [0.3, 0.4) is 0 Å². The minimum atomic E-state index is -3.86. The molecule has 2 fully saturated rings. The lowest BCUT2D eigenvalue weighted by molar-refractivity contribution is -0.128. The number of hydrogen-bond donors (Lipinski definition) is 1. The number of anilines is 1. The lowest BCUT2D eigenvalue weighted by Gasteiger charge is -2.32. The Bertz CT molecular complexity index is 1300. The summed E-state index contributed by atoms with van der Waals surface area (Å²) in [4.78, 5) is 45.0. The van der Waals surface area contributed by atoms with E-state index in [0.717, 1.165) is 6.07 Å². The van der Waals surface area contributed by atoms with E-state index in [1.165, 1.54) is 0 Å². The van der Waals surface area contributed by atoms with E-state index in [9.17, 15) is 22.8 Å². The van der Waals surface area contributed by atoms with Gasteiger partial charge in [0.25, 0.3) is 0 Å². The molecule has 2 amide bonds. The van der Waals surface area contributed by atoms with Crippen molar-refractivity contribution in [1.29, 1.82) is 0 Å². The van der Waals surface area contributed by atoms with Crippen molar-refractivity contribution in [2.24, 2.45) is 5.92 Å². The molecule has 1 aromatic heterocycles. The fourth-order valence-electron chi connectivity index (χ4n) is 4.72. The number of nitrogens with one attached hydrogen (secondary N) is 1. The number of ether oxygens (including phenoxy) is 1. The molecule has 0 saturated carbocycles. The number of pyridine rings is 1. The SMILES string of the molecule is CCOC(=O)c1cc(F)c(N2CCC(C(=O)NS(=O)(=O)Cc3ccccc3)CC2)nc1CN1CCCC1=O. The van der Waals surface area contributed by atoms with Gasteiger partial charge >= 0.3 is 5.97 Å². The molecule has 10 nitrogen and oxygen atoms in total. The van der Waals surface area contributed by atoms with Gasteiger partial charge in [0, 0.05) is 32.0 Å². The number of aromatic nitrogens is 1. The molecular weight excluding hydrogens is 515 g/mol. The van der Waals surface area contributed by atoms with Crippen molar-refractivity contribution < 1.29 is 31.9 Å². The third-order valence-corrected chi connectivity index (χ3v) is 7.89. The zero-order chi connectivity index (χ0) is 27.3. The Hall–Kier alpha value is -3.54. The molecule has 0 unspecified atom stereocenters. The summed E-state index contributed by atoms with van der Waals surface area (Å²) in [5.41, 5.74) is 0.800. The maximum atomic E-state index is 15.1. The second-order valence-corrected chi connectivity index (χ2v) is 11.1. The monoisotopic (exact) mass is 546 g/mol. The number of halogens is 1. The Kier molecular flexibility index (Phi) is 8.60. The molecule has 0 bridgehead atoms. The molecule has 0 radical (unpaired) electrons. The minimum absolute atomic E-state index is 0.0225. The third-order valence-electron chi connectivity index (χ3n) is 6.66. The summed E-state index contributed by atoms with van der Waals surface area (Å²) in [5.74, 6) is -2.89. The molecule has 1 aromatic carbocycles. The Morgan fingerprint density at radius 3 is 2.50 bits per heavy atom. The van der Waals surface area contributed by atoms with Gasteiger partial charge in [-0.2, -0.15) is 0 Å². The highest BCUT2D eigenvalue weighted by Crippen LogP contribution is 2.28. The lowest BCUT2D eigenvalue weighted by atomic mass is 9.96. The van der Waals surface area contributed by atoms with E-state index in [1.807, 2.05) is 0 Å². The van der Waals surface area contributed by atoms with E-state index >= 15 is 4.39 Å². The number of likely N-dealkylation sites (tertiary alicyclic amines) is 1. The summed E-state index contributed by atoms with van der Waals surface area (Å²) in [6.07, 6.45) is 1.72.